The Morgan fingerprint density at radius 2 is 1.96 bits per heavy atom. The molecule has 1 aromatic rings. The average molecular weight is 361 g/mol. The Balaban J connectivity index is 2.08. The monoisotopic (exact) mass is 360 g/mol. The summed E-state index contributed by atoms with van der Waals surface area (Å²) >= 11 is 5.82. The second-order valence-corrected chi connectivity index (χ2v) is 7.95. The quantitative estimate of drug-likeness (QED) is 0.885. The molecule has 0 aliphatic carbocycles. The van der Waals surface area contributed by atoms with E-state index in [1.807, 2.05) is 13.8 Å². The summed E-state index contributed by atoms with van der Waals surface area (Å²) in [4.78, 5) is 14.1. The Kier molecular flexibility index (Phi) is 5.67. The molecular formula is C15H21ClN2O4S. The molecule has 1 aliphatic heterocycles. The second kappa shape index (κ2) is 7.17. The highest BCUT2D eigenvalue weighted by atomic mass is 35.5. The maximum absolute atomic E-state index is 12.5. The molecule has 3 atom stereocenters. The fourth-order valence-electron chi connectivity index (χ4n) is 2.62. The third-order valence-corrected chi connectivity index (χ3v) is 5.31. The first-order chi connectivity index (χ1) is 10.7. The summed E-state index contributed by atoms with van der Waals surface area (Å²) in [5, 5.41) is 0.322. The van der Waals surface area contributed by atoms with Gasteiger partial charge in [-0.2, -0.15) is 4.72 Å². The minimum Gasteiger partial charge on any atom is -0.372 e. The maximum atomic E-state index is 12.5. The first kappa shape index (κ1) is 18.2. The van der Waals surface area contributed by atoms with Crippen molar-refractivity contribution in [2.45, 2.75) is 43.9 Å². The Hall–Kier alpha value is -1.15. The van der Waals surface area contributed by atoms with Gasteiger partial charge in [0.2, 0.25) is 15.9 Å². The van der Waals surface area contributed by atoms with Crippen LogP contribution in [0.15, 0.2) is 29.2 Å². The summed E-state index contributed by atoms with van der Waals surface area (Å²) in [5.74, 6) is -0.266. The van der Waals surface area contributed by atoms with Crippen molar-refractivity contribution in [3.63, 3.8) is 0 Å². The summed E-state index contributed by atoms with van der Waals surface area (Å²) in [6.45, 7) is 6.21. The number of rotatable bonds is 4. The molecule has 0 radical (unpaired) electrons. The van der Waals surface area contributed by atoms with Crippen LogP contribution in [0.5, 0.6) is 0 Å². The number of carbonyl (C=O) groups excluding carboxylic acids is 1. The summed E-state index contributed by atoms with van der Waals surface area (Å²) < 4.78 is 32.7. The van der Waals surface area contributed by atoms with Gasteiger partial charge in [0.25, 0.3) is 0 Å². The lowest BCUT2D eigenvalue weighted by atomic mass is 10.2. The van der Waals surface area contributed by atoms with E-state index in [1.165, 1.54) is 19.1 Å². The molecule has 1 N–H and O–H groups in total. The molecule has 1 aromatic carbocycles. The number of nitrogens with one attached hydrogen (secondary N) is 1. The van der Waals surface area contributed by atoms with Crippen molar-refractivity contribution >= 4 is 27.5 Å². The summed E-state index contributed by atoms with van der Waals surface area (Å²) in [6, 6.07) is 5.06. The number of hydrogen-bond acceptors (Lipinski definition) is 4. The van der Waals surface area contributed by atoms with E-state index in [9.17, 15) is 13.2 Å². The van der Waals surface area contributed by atoms with Gasteiger partial charge < -0.3 is 9.64 Å². The molecular weight excluding hydrogens is 340 g/mol. The molecule has 6 nitrogen and oxygen atoms in total. The first-order valence-corrected chi connectivity index (χ1v) is 9.27. The third-order valence-electron chi connectivity index (χ3n) is 3.54. The number of hydrogen-bond donors (Lipinski definition) is 1. The highest BCUT2D eigenvalue weighted by Gasteiger charge is 2.30. The molecule has 1 fully saturated rings. The number of carbonyl (C=O) groups is 1. The minimum absolute atomic E-state index is 0.0355. The zero-order valence-electron chi connectivity index (χ0n) is 13.3. The molecule has 1 heterocycles. The smallest absolute Gasteiger partial charge is 0.241 e. The van der Waals surface area contributed by atoms with E-state index < -0.39 is 16.1 Å². The summed E-state index contributed by atoms with van der Waals surface area (Å²) in [5.41, 5.74) is 0. The SMILES string of the molecule is C[C@@H]1CN(C(=O)[C@@H](C)NS(=O)(=O)c2cccc(Cl)c2)C[C@H](C)O1. The lowest BCUT2D eigenvalue weighted by Gasteiger charge is -2.36. The van der Waals surface area contributed by atoms with E-state index in [0.717, 1.165) is 0 Å². The molecule has 0 aromatic heterocycles. The molecule has 1 aliphatic rings. The van der Waals surface area contributed by atoms with Gasteiger partial charge in [-0.15, -0.1) is 0 Å². The van der Waals surface area contributed by atoms with Crippen LogP contribution in [0.25, 0.3) is 0 Å². The van der Waals surface area contributed by atoms with E-state index in [-0.39, 0.29) is 23.0 Å². The Morgan fingerprint density at radius 3 is 2.52 bits per heavy atom. The van der Waals surface area contributed by atoms with Gasteiger partial charge in [-0.25, -0.2) is 8.42 Å². The molecule has 2 rings (SSSR count). The molecule has 23 heavy (non-hydrogen) atoms. The van der Waals surface area contributed by atoms with Gasteiger partial charge in [-0.3, -0.25) is 4.79 Å². The molecule has 8 heteroatoms. The predicted molar refractivity (Wildman–Crippen MR) is 87.8 cm³/mol. The topological polar surface area (TPSA) is 75.7 Å². The lowest BCUT2D eigenvalue weighted by Crippen LogP contribution is -2.54. The molecule has 0 saturated carbocycles. The maximum Gasteiger partial charge on any atom is 0.241 e. The van der Waals surface area contributed by atoms with Gasteiger partial charge in [0.05, 0.1) is 23.1 Å². The van der Waals surface area contributed by atoms with E-state index >= 15 is 0 Å². The van der Waals surface area contributed by atoms with Crippen molar-refractivity contribution in [1.82, 2.24) is 9.62 Å². The molecule has 128 valence electrons. The van der Waals surface area contributed by atoms with Gasteiger partial charge in [0.15, 0.2) is 0 Å². The van der Waals surface area contributed by atoms with Crippen LogP contribution in [0.3, 0.4) is 0 Å². The van der Waals surface area contributed by atoms with Crippen LogP contribution in [0.2, 0.25) is 5.02 Å². The normalized spacial score (nSPS) is 23.6. The van der Waals surface area contributed by atoms with Crippen LogP contribution in [-0.2, 0) is 19.6 Å². The standard InChI is InChI=1S/C15H21ClN2O4S/c1-10-8-18(9-11(2)22-10)15(19)12(3)17-23(20,21)14-6-4-5-13(16)7-14/h4-7,10-12,17H,8-9H2,1-3H3/t10-,11+,12-/m1/s1. The largest absolute Gasteiger partial charge is 0.372 e. The zero-order chi connectivity index (χ0) is 17.2. The van der Waals surface area contributed by atoms with E-state index in [0.29, 0.717) is 18.1 Å². The van der Waals surface area contributed by atoms with E-state index in [1.54, 1.807) is 17.0 Å². The van der Waals surface area contributed by atoms with Crippen molar-refractivity contribution in [3.8, 4) is 0 Å². The molecule has 1 saturated heterocycles. The predicted octanol–water partition coefficient (Wildman–Crippen LogP) is 1.64. The second-order valence-electron chi connectivity index (χ2n) is 5.80. The number of amides is 1. The fraction of sp³-hybridized carbons (Fsp3) is 0.533. The van der Waals surface area contributed by atoms with Crippen LogP contribution in [-0.4, -0.2) is 50.6 Å². The molecule has 0 unspecified atom stereocenters. The van der Waals surface area contributed by atoms with Gasteiger partial charge in [0, 0.05) is 18.1 Å². The van der Waals surface area contributed by atoms with Crippen molar-refractivity contribution in [1.29, 1.82) is 0 Å². The van der Waals surface area contributed by atoms with Crippen LogP contribution < -0.4 is 4.72 Å². The van der Waals surface area contributed by atoms with Crippen LogP contribution in [0.4, 0.5) is 0 Å². The van der Waals surface area contributed by atoms with E-state index in [4.69, 9.17) is 16.3 Å². The lowest BCUT2D eigenvalue weighted by molar-refractivity contribution is -0.144. The van der Waals surface area contributed by atoms with Gasteiger partial charge >= 0.3 is 0 Å². The van der Waals surface area contributed by atoms with Crippen molar-refractivity contribution in [3.05, 3.63) is 29.3 Å². The molecule has 1 amide bonds. The van der Waals surface area contributed by atoms with Gasteiger partial charge in [0.1, 0.15) is 0 Å². The number of nitrogens with zero attached hydrogens (tertiary/aromatic N) is 1. The van der Waals surface area contributed by atoms with Gasteiger partial charge in [-0.1, -0.05) is 17.7 Å². The van der Waals surface area contributed by atoms with Crippen molar-refractivity contribution < 1.29 is 17.9 Å². The van der Waals surface area contributed by atoms with Crippen LogP contribution >= 0.6 is 11.6 Å². The fourth-order valence-corrected chi connectivity index (χ4v) is 4.11. The molecule has 0 bridgehead atoms. The highest BCUT2D eigenvalue weighted by molar-refractivity contribution is 7.89. The number of halogens is 1. The summed E-state index contributed by atoms with van der Waals surface area (Å²) in [6.07, 6.45) is -0.140. The van der Waals surface area contributed by atoms with Crippen molar-refractivity contribution in [2.75, 3.05) is 13.1 Å². The Morgan fingerprint density at radius 1 is 1.35 bits per heavy atom. The number of sulfonamides is 1. The van der Waals surface area contributed by atoms with E-state index in [2.05, 4.69) is 4.72 Å². The van der Waals surface area contributed by atoms with Gasteiger partial charge in [-0.05, 0) is 39.0 Å². The Labute approximate surface area is 141 Å². The third kappa shape index (κ3) is 4.67. The number of ether oxygens (including phenoxy) is 1. The minimum atomic E-state index is -3.81. The average Bonchev–Trinajstić information content (AvgIpc) is 2.45. The summed E-state index contributed by atoms with van der Waals surface area (Å²) in [7, 11) is -3.81. The van der Waals surface area contributed by atoms with Crippen molar-refractivity contribution in [2.24, 2.45) is 0 Å². The highest BCUT2D eigenvalue weighted by Crippen LogP contribution is 2.17. The Bertz CT molecular complexity index is 670. The number of benzene rings is 1. The number of morpholine rings is 1. The van der Waals surface area contributed by atoms with Crippen LogP contribution in [0, 0.1) is 0 Å². The molecule has 0 spiro atoms. The van der Waals surface area contributed by atoms with Crippen LogP contribution in [0.1, 0.15) is 20.8 Å². The zero-order valence-corrected chi connectivity index (χ0v) is 14.9. The first-order valence-electron chi connectivity index (χ1n) is 7.41.